The Balaban J connectivity index is 1.73. The number of hydrogen-bond acceptors (Lipinski definition) is 3. The molecule has 0 amide bonds. The van der Waals surface area contributed by atoms with Gasteiger partial charge in [-0.3, -0.25) is 4.98 Å². The Hall–Kier alpha value is -2.43. The molecule has 0 unspecified atom stereocenters. The summed E-state index contributed by atoms with van der Waals surface area (Å²) in [7, 11) is -0.409. The van der Waals surface area contributed by atoms with Crippen LogP contribution in [0.15, 0.2) is 60.8 Å². The second-order valence-electron chi connectivity index (χ2n) is 13.0. The van der Waals surface area contributed by atoms with Crippen LogP contribution in [-0.2, 0) is 20.1 Å². The third-order valence-corrected chi connectivity index (χ3v) is 8.88. The Labute approximate surface area is 225 Å². The van der Waals surface area contributed by atoms with Crippen molar-refractivity contribution in [3.63, 3.8) is 0 Å². The lowest BCUT2D eigenvalue weighted by molar-refractivity contribution is 0.00578. The van der Waals surface area contributed by atoms with Crippen molar-refractivity contribution in [1.82, 2.24) is 4.98 Å². The molecular weight excluding hydrogens is 453 g/mol. The molecule has 0 radical (unpaired) electrons. The standard InChI is InChI=1S/C33H44BNO2/c1-11-33(10,12-2)26-15-13-23(14-16-26)24-17-18-35-29(21-24)25-19-27(30(3,4)5)22-28(20-25)34-36-31(6,7)32(8,9)37-34/h13-22H,11-12H2,1-10H3. The van der Waals surface area contributed by atoms with E-state index in [1.807, 2.05) is 6.20 Å². The molecule has 1 aliphatic heterocycles. The minimum atomic E-state index is -0.409. The molecule has 0 aliphatic carbocycles. The van der Waals surface area contributed by atoms with E-state index in [1.54, 1.807) is 0 Å². The van der Waals surface area contributed by atoms with E-state index in [4.69, 9.17) is 14.3 Å². The quantitative estimate of drug-likeness (QED) is 0.323. The smallest absolute Gasteiger partial charge is 0.399 e. The molecule has 0 spiro atoms. The van der Waals surface area contributed by atoms with Gasteiger partial charge in [-0.15, -0.1) is 0 Å². The number of hydrogen-bond donors (Lipinski definition) is 0. The first kappa shape index (κ1) is 27.6. The number of aromatic nitrogens is 1. The highest BCUT2D eigenvalue weighted by molar-refractivity contribution is 6.62. The summed E-state index contributed by atoms with van der Waals surface area (Å²) in [5.41, 5.74) is 7.53. The molecule has 0 bridgehead atoms. The summed E-state index contributed by atoms with van der Waals surface area (Å²) >= 11 is 0. The van der Waals surface area contributed by atoms with Gasteiger partial charge < -0.3 is 9.31 Å². The third-order valence-electron chi connectivity index (χ3n) is 8.88. The van der Waals surface area contributed by atoms with Gasteiger partial charge in [-0.2, -0.15) is 0 Å². The van der Waals surface area contributed by atoms with Crippen molar-refractivity contribution in [3.8, 4) is 22.4 Å². The fourth-order valence-electron chi connectivity index (χ4n) is 4.84. The molecule has 1 aliphatic rings. The van der Waals surface area contributed by atoms with E-state index in [9.17, 15) is 0 Å². The number of rotatable bonds is 6. The van der Waals surface area contributed by atoms with Crippen LogP contribution in [0.25, 0.3) is 22.4 Å². The van der Waals surface area contributed by atoms with Crippen LogP contribution in [0.2, 0.25) is 0 Å². The molecule has 1 aromatic heterocycles. The normalized spacial score (nSPS) is 17.3. The Morgan fingerprint density at radius 3 is 1.84 bits per heavy atom. The van der Waals surface area contributed by atoms with Gasteiger partial charge in [0.1, 0.15) is 0 Å². The first-order chi connectivity index (χ1) is 17.2. The average molecular weight is 498 g/mol. The summed E-state index contributed by atoms with van der Waals surface area (Å²) in [4.78, 5) is 4.78. The van der Waals surface area contributed by atoms with E-state index in [2.05, 4.69) is 124 Å². The highest BCUT2D eigenvalue weighted by Gasteiger charge is 2.51. The second-order valence-corrected chi connectivity index (χ2v) is 13.0. The lowest BCUT2D eigenvalue weighted by atomic mass is 9.74. The molecule has 1 saturated heterocycles. The van der Waals surface area contributed by atoms with Gasteiger partial charge in [-0.25, -0.2) is 0 Å². The van der Waals surface area contributed by atoms with Gasteiger partial charge in [0, 0.05) is 11.8 Å². The molecule has 2 aromatic carbocycles. The van der Waals surface area contributed by atoms with Crippen molar-refractivity contribution in [1.29, 1.82) is 0 Å². The zero-order valence-electron chi connectivity index (χ0n) is 24.5. The van der Waals surface area contributed by atoms with Crippen molar-refractivity contribution in [2.24, 2.45) is 0 Å². The topological polar surface area (TPSA) is 31.4 Å². The predicted octanol–water partition coefficient (Wildman–Crippen LogP) is 8.09. The van der Waals surface area contributed by atoms with Gasteiger partial charge in [0.05, 0.1) is 16.9 Å². The molecule has 4 rings (SSSR count). The first-order valence-electron chi connectivity index (χ1n) is 13.8. The molecule has 37 heavy (non-hydrogen) atoms. The molecule has 1 fully saturated rings. The molecular formula is C33H44BNO2. The van der Waals surface area contributed by atoms with E-state index in [0.29, 0.717) is 0 Å². The Bertz CT molecular complexity index is 1230. The largest absolute Gasteiger partial charge is 0.494 e. The molecule has 0 N–H and O–H groups in total. The van der Waals surface area contributed by atoms with Gasteiger partial charge in [0.25, 0.3) is 0 Å². The summed E-state index contributed by atoms with van der Waals surface area (Å²) in [6, 6.07) is 20.0. The molecule has 196 valence electrons. The van der Waals surface area contributed by atoms with Crippen molar-refractivity contribution in [2.75, 3.05) is 0 Å². The van der Waals surface area contributed by atoms with Crippen molar-refractivity contribution < 1.29 is 9.31 Å². The highest BCUT2D eigenvalue weighted by Crippen LogP contribution is 2.38. The van der Waals surface area contributed by atoms with Crippen molar-refractivity contribution in [2.45, 2.75) is 104 Å². The van der Waals surface area contributed by atoms with Crippen LogP contribution in [0.4, 0.5) is 0 Å². The minimum Gasteiger partial charge on any atom is -0.399 e. The average Bonchev–Trinajstić information content (AvgIpc) is 3.09. The van der Waals surface area contributed by atoms with Crippen molar-refractivity contribution >= 4 is 12.6 Å². The Morgan fingerprint density at radius 2 is 1.30 bits per heavy atom. The summed E-state index contributed by atoms with van der Waals surface area (Å²) in [5.74, 6) is 0. The summed E-state index contributed by atoms with van der Waals surface area (Å²) in [5, 5.41) is 0. The van der Waals surface area contributed by atoms with Gasteiger partial charge in [0.15, 0.2) is 0 Å². The third kappa shape index (κ3) is 5.42. The number of nitrogens with zero attached hydrogens (tertiary/aromatic N) is 1. The first-order valence-corrected chi connectivity index (χ1v) is 13.8. The highest BCUT2D eigenvalue weighted by atomic mass is 16.7. The van der Waals surface area contributed by atoms with Crippen LogP contribution in [0.5, 0.6) is 0 Å². The zero-order valence-corrected chi connectivity index (χ0v) is 24.5. The maximum absolute atomic E-state index is 6.42. The van der Waals surface area contributed by atoms with E-state index < -0.39 is 7.12 Å². The Morgan fingerprint density at radius 1 is 0.703 bits per heavy atom. The summed E-state index contributed by atoms with van der Waals surface area (Å²) in [6.07, 6.45) is 4.19. The van der Waals surface area contributed by atoms with Gasteiger partial charge in [0.2, 0.25) is 0 Å². The van der Waals surface area contributed by atoms with E-state index in [0.717, 1.165) is 29.6 Å². The van der Waals surface area contributed by atoms with Crippen LogP contribution < -0.4 is 5.46 Å². The number of pyridine rings is 1. The maximum atomic E-state index is 6.42. The molecule has 3 nitrogen and oxygen atoms in total. The lowest BCUT2D eigenvalue weighted by Crippen LogP contribution is -2.41. The Kier molecular flexibility index (Phi) is 7.24. The minimum absolute atomic E-state index is 0.0208. The van der Waals surface area contributed by atoms with E-state index in [1.165, 1.54) is 22.3 Å². The molecule has 3 aromatic rings. The molecule has 2 heterocycles. The SMILES string of the molecule is CCC(C)(CC)c1ccc(-c2ccnc(-c3cc(B4OC(C)(C)C(C)(C)O4)cc(C(C)(C)C)c3)c2)cc1. The van der Waals surface area contributed by atoms with Crippen molar-refractivity contribution in [3.05, 3.63) is 71.9 Å². The van der Waals surface area contributed by atoms with Crippen LogP contribution in [0.1, 0.15) is 93.2 Å². The van der Waals surface area contributed by atoms with Crippen LogP contribution in [0, 0.1) is 0 Å². The monoisotopic (exact) mass is 497 g/mol. The maximum Gasteiger partial charge on any atom is 0.494 e. The van der Waals surface area contributed by atoms with Gasteiger partial charge in [-0.05, 0) is 97.3 Å². The second kappa shape index (κ2) is 9.71. The van der Waals surface area contributed by atoms with E-state index >= 15 is 0 Å². The van der Waals surface area contributed by atoms with Crippen LogP contribution in [-0.4, -0.2) is 23.3 Å². The van der Waals surface area contributed by atoms with E-state index in [-0.39, 0.29) is 22.0 Å². The fourth-order valence-corrected chi connectivity index (χ4v) is 4.84. The predicted molar refractivity (Wildman–Crippen MR) is 157 cm³/mol. The zero-order chi connectivity index (χ0) is 27.2. The van der Waals surface area contributed by atoms with Gasteiger partial charge in [-0.1, -0.05) is 77.9 Å². The molecule has 0 saturated carbocycles. The van der Waals surface area contributed by atoms with Gasteiger partial charge >= 0.3 is 7.12 Å². The summed E-state index contributed by atoms with van der Waals surface area (Å²) in [6.45, 7) is 22.0. The summed E-state index contributed by atoms with van der Waals surface area (Å²) < 4.78 is 12.8. The molecule has 0 atom stereocenters. The fraction of sp³-hybridized carbons (Fsp3) is 0.485. The van der Waals surface area contributed by atoms with Crippen LogP contribution in [0.3, 0.4) is 0 Å². The van der Waals surface area contributed by atoms with Crippen LogP contribution >= 0.6 is 0 Å². The molecule has 4 heteroatoms. The lowest BCUT2D eigenvalue weighted by Gasteiger charge is -2.32. The number of benzene rings is 2.